The fourth-order valence-electron chi connectivity index (χ4n) is 0.895. The Labute approximate surface area is 80.7 Å². The molecule has 1 unspecified atom stereocenters. The molecule has 1 saturated heterocycles. The van der Waals surface area contributed by atoms with Gasteiger partial charge in [-0.25, -0.2) is 0 Å². The topological polar surface area (TPSA) is 86.6 Å². The second-order valence-electron chi connectivity index (χ2n) is 2.51. The van der Waals surface area contributed by atoms with Gasteiger partial charge in [0.05, 0.1) is 0 Å². The van der Waals surface area contributed by atoms with Crippen LogP contribution < -0.4 is 5.32 Å². The monoisotopic (exact) mass is 209 g/mol. The highest BCUT2D eigenvalue weighted by molar-refractivity contribution is 6.26. The van der Waals surface area contributed by atoms with E-state index >= 15 is 0 Å². The minimum atomic E-state index is -0.980. The zero-order valence-corrected chi connectivity index (χ0v) is 7.75. The van der Waals surface area contributed by atoms with Crippen molar-refractivity contribution >= 4 is 23.5 Å². The Morgan fingerprint density at radius 1 is 1.46 bits per heavy atom. The average molecular weight is 210 g/mol. The van der Waals surface area contributed by atoms with Gasteiger partial charge in [-0.3, -0.25) is 9.59 Å². The van der Waals surface area contributed by atoms with Gasteiger partial charge in [-0.05, 0) is 19.4 Å². The van der Waals surface area contributed by atoms with Gasteiger partial charge in [-0.1, -0.05) is 0 Å². The van der Waals surface area contributed by atoms with Crippen molar-refractivity contribution in [1.29, 1.82) is 0 Å². The van der Waals surface area contributed by atoms with Gasteiger partial charge >= 0.3 is 11.9 Å². The first kappa shape index (κ1) is 12.2. The summed E-state index contributed by atoms with van der Waals surface area (Å²) in [4.78, 5) is 19.4. The van der Waals surface area contributed by atoms with Crippen LogP contribution in [-0.2, 0) is 9.59 Å². The second-order valence-corrected chi connectivity index (χ2v) is 2.78. The Hall–Kier alpha value is -0.810. The van der Waals surface area contributed by atoms with Crippen molar-refractivity contribution in [2.24, 2.45) is 0 Å². The normalized spacial score (nSPS) is 20.2. The van der Waals surface area contributed by atoms with Crippen molar-refractivity contribution in [3.63, 3.8) is 0 Å². The third-order valence-electron chi connectivity index (χ3n) is 1.47. The molecule has 0 bridgehead atoms. The lowest BCUT2D eigenvalue weighted by Gasteiger charge is -1.99. The number of aliphatic carboxylic acids is 2. The fourth-order valence-corrected chi connectivity index (χ4v) is 0.895. The molecule has 0 aromatic carbocycles. The van der Waals surface area contributed by atoms with Gasteiger partial charge in [0.2, 0.25) is 0 Å². The summed E-state index contributed by atoms with van der Waals surface area (Å²) in [6.07, 6.45) is 1.78. The number of carboxylic acids is 2. The molecule has 1 aliphatic rings. The summed E-state index contributed by atoms with van der Waals surface area (Å²) < 4.78 is 0. The van der Waals surface area contributed by atoms with Gasteiger partial charge in [0.1, 0.15) is 11.9 Å². The van der Waals surface area contributed by atoms with Crippen LogP contribution >= 0.6 is 11.6 Å². The smallest absolute Gasteiger partial charge is 0.320 e. The second kappa shape index (κ2) is 6.68. The maximum atomic E-state index is 10.1. The molecule has 1 aliphatic heterocycles. The van der Waals surface area contributed by atoms with E-state index < -0.39 is 11.9 Å². The predicted octanol–water partition coefficient (Wildman–Crippen LogP) is 0.133. The van der Waals surface area contributed by atoms with Gasteiger partial charge in [0, 0.05) is 0 Å². The largest absolute Gasteiger partial charge is 0.480 e. The van der Waals surface area contributed by atoms with Gasteiger partial charge in [0.15, 0.2) is 0 Å². The molecule has 6 heteroatoms. The summed E-state index contributed by atoms with van der Waals surface area (Å²) >= 11 is 4.74. The number of hydrogen-bond acceptors (Lipinski definition) is 3. The summed E-state index contributed by atoms with van der Waals surface area (Å²) in [5.41, 5.74) is 0. The molecule has 0 amide bonds. The summed E-state index contributed by atoms with van der Waals surface area (Å²) in [7, 11) is 0. The first-order valence-electron chi connectivity index (χ1n) is 3.82. The Bertz CT molecular complexity index is 179. The van der Waals surface area contributed by atoms with E-state index in [1.807, 2.05) is 0 Å². The summed E-state index contributed by atoms with van der Waals surface area (Å²) in [6.45, 7) is 0.858. The van der Waals surface area contributed by atoms with Crippen LogP contribution in [-0.4, -0.2) is 40.6 Å². The van der Waals surface area contributed by atoms with E-state index in [4.69, 9.17) is 21.8 Å². The van der Waals surface area contributed by atoms with Gasteiger partial charge in [0.25, 0.3) is 0 Å². The molecular weight excluding hydrogens is 198 g/mol. The lowest BCUT2D eigenvalue weighted by atomic mass is 10.2. The highest BCUT2D eigenvalue weighted by Gasteiger charge is 2.20. The number of carboxylic acid groups (broad SMARTS) is 2. The molecule has 1 heterocycles. The molecule has 0 spiro atoms. The molecular formula is C7H12ClNO4. The number of nitrogens with one attached hydrogen (secondary N) is 1. The van der Waals surface area contributed by atoms with Crippen molar-refractivity contribution in [2.45, 2.75) is 18.9 Å². The van der Waals surface area contributed by atoms with E-state index in [9.17, 15) is 9.59 Å². The number of alkyl halides is 1. The van der Waals surface area contributed by atoms with Crippen LogP contribution in [0, 0.1) is 0 Å². The SMILES string of the molecule is O=C(O)C1CCCN1.O=C(O)CCl. The molecule has 13 heavy (non-hydrogen) atoms. The number of hydrogen-bond donors (Lipinski definition) is 3. The highest BCUT2D eigenvalue weighted by atomic mass is 35.5. The van der Waals surface area contributed by atoms with Crippen molar-refractivity contribution in [1.82, 2.24) is 5.32 Å². The summed E-state index contributed by atoms with van der Waals surface area (Å²) in [6, 6.07) is -0.269. The summed E-state index contributed by atoms with van der Waals surface area (Å²) in [5.74, 6) is -2.01. The minimum Gasteiger partial charge on any atom is -0.480 e. The van der Waals surface area contributed by atoms with Crippen LogP contribution in [0.3, 0.4) is 0 Å². The standard InChI is InChI=1S/C5H9NO2.C2H3ClO2/c7-5(8)4-2-1-3-6-4;3-1-2(4)5/h4,6H,1-3H2,(H,7,8);1H2,(H,4,5). The van der Waals surface area contributed by atoms with Gasteiger partial charge < -0.3 is 15.5 Å². The molecule has 1 rings (SSSR count). The van der Waals surface area contributed by atoms with E-state index in [0.29, 0.717) is 0 Å². The number of halogens is 1. The first-order valence-corrected chi connectivity index (χ1v) is 4.35. The number of carbonyl (C=O) groups is 2. The van der Waals surface area contributed by atoms with Crippen molar-refractivity contribution < 1.29 is 19.8 Å². The van der Waals surface area contributed by atoms with E-state index in [1.54, 1.807) is 0 Å². The van der Waals surface area contributed by atoms with E-state index in [0.717, 1.165) is 19.4 Å². The minimum absolute atomic E-state index is 0.269. The molecule has 1 fully saturated rings. The summed E-state index contributed by atoms with van der Waals surface area (Å²) in [5, 5.41) is 18.8. The van der Waals surface area contributed by atoms with Crippen LogP contribution in [0.5, 0.6) is 0 Å². The molecule has 0 aromatic rings. The molecule has 1 atom stereocenters. The molecule has 0 saturated carbocycles. The van der Waals surface area contributed by atoms with Crippen molar-refractivity contribution in [3.8, 4) is 0 Å². The molecule has 3 N–H and O–H groups in total. The molecule has 76 valence electrons. The molecule has 0 aromatic heterocycles. The quantitative estimate of drug-likeness (QED) is 0.563. The number of rotatable bonds is 2. The Kier molecular flexibility index (Phi) is 6.26. The van der Waals surface area contributed by atoms with Crippen LogP contribution in [0.4, 0.5) is 0 Å². The van der Waals surface area contributed by atoms with Crippen LogP contribution in [0.25, 0.3) is 0 Å². The van der Waals surface area contributed by atoms with E-state index in [-0.39, 0.29) is 11.9 Å². The zero-order chi connectivity index (χ0) is 10.3. The van der Waals surface area contributed by atoms with E-state index in [2.05, 4.69) is 5.32 Å². The van der Waals surface area contributed by atoms with Crippen LogP contribution in [0.2, 0.25) is 0 Å². The molecule has 5 nitrogen and oxygen atoms in total. The average Bonchev–Trinajstić information content (AvgIpc) is 2.57. The Balaban J connectivity index is 0.000000252. The highest BCUT2D eigenvalue weighted by Crippen LogP contribution is 2.03. The van der Waals surface area contributed by atoms with Crippen molar-refractivity contribution in [3.05, 3.63) is 0 Å². The third-order valence-corrected chi connectivity index (χ3v) is 1.70. The molecule has 0 aliphatic carbocycles. The van der Waals surface area contributed by atoms with Gasteiger partial charge in [-0.2, -0.15) is 0 Å². The molecule has 0 radical (unpaired) electrons. The van der Waals surface area contributed by atoms with E-state index in [1.165, 1.54) is 0 Å². The lowest BCUT2D eigenvalue weighted by molar-refractivity contribution is -0.139. The third kappa shape index (κ3) is 6.36. The van der Waals surface area contributed by atoms with Crippen molar-refractivity contribution in [2.75, 3.05) is 12.4 Å². The van der Waals surface area contributed by atoms with Crippen LogP contribution in [0.15, 0.2) is 0 Å². The first-order chi connectivity index (χ1) is 6.07. The zero-order valence-electron chi connectivity index (χ0n) is 6.99. The Morgan fingerprint density at radius 3 is 2.15 bits per heavy atom. The van der Waals surface area contributed by atoms with Gasteiger partial charge in [-0.15, -0.1) is 11.6 Å². The fraction of sp³-hybridized carbons (Fsp3) is 0.714. The predicted molar refractivity (Wildman–Crippen MR) is 47.0 cm³/mol. The maximum absolute atomic E-state index is 10.1. The maximum Gasteiger partial charge on any atom is 0.320 e. The lowest BCUT2D eigenvalue weighted by Crippen LogP contribution is -2.29. The van der Waals surface area contributed by atoms with Crippen LogP contribution in [0.1, 0.15) is 12.8 Å². The Morgan fingerprint density at radius 2 is 2.00 bits per heavy atom.